The average molecular weight is 744 g/mol. The third-order valence-corrected chi connectivity index (χ3v) is 11.9. The molecule has 5 aliphatic rings. The highest BCUT2D eigenvalue weighted by Gasteiger charge is 2.46. The van der Waals surface area contributed by atoms with Crippen molar-refractivity contribution in [1.29, 1.82) is 0 Å². The molecule has 55 heavy (non-hydrogen) atoms. The van der Waals surface area contributed by atoms with E-state index in [-0.39, 0.29) is 47.3 Å². The smallest absolute Gasteiger partial charge is 0.272 e. The number of pyridine rings is 3. The molecule has 5 amide bonds. The van der Waals surface area contributed by atoms with E-state index in [4.69, 9.17) is 0 Å². The zero-order valence-corrected chi connectivity index (χ0v) is 30.5. The molecule has 4 saturated heterocycles. The Balaban J connectivity index is 0.773. The second kappa shape index (κ2) is 13.7. The molecule has 1 unspecified atom stereocenters. The second-order valence-electron chi connectivity index (χ2n) is 15.2. The number of rotatable bonds is 7. The number of imide groups is 2. The topological polar surface area (TPSA) is 172 Å². The van der Waals surface area contributed by atoms with E-state index < -0.39 is 29.7 Å². The van der Waals surface area contributed by atoms with Crippen LogP contribution >= 0.6 is 0 Å². The van der Waals surface area contributed by atoms with Crippen molar-refractivity contribution < 1.29 is 24.0 Å². The number of aromatic nitrogens is 3. The predicted molar refractivity (Wildman–Crippen MR) is 202 cm³/mol. The summed E-state index contributed by atoms with van der Waals surface area (Å²) in [5.41, 5.74) is 6.05. The molecule has 2 N–H and O–H groups in total. The Morgan fingerprint density at radius 3 is 2.25 bits per heavy atom. The highest BCUT2D eigenvalue weighted by Crippen LogP contribution is 2.37. The molecule has 3 atom stereocenters. The molecule has 0 radical (unpaired) electrons. The largest absolute Gasteiger partial charge is 0.371 e. The third-order valence-electron chi connectivity index (χ3n) is 11.9. The van der Waals surface area contributed by atoms with Gasteiger partial charge in [0.1, 0.15) is 11.7 Å². The summed E-state index contributed by atoms with van der Waals surface area (Å²) in [6, 6.07) is 11.9. The number of carbonyl (C=O) groups excluding carboxylic acids is 5. The van der Waals surface area contributed by atoms with Crippen LogP contribution in [0.1, 0.15) is 62.1 Å². The first-order valence-corrected chi connectivity index (χ1v) is 19.0. The molecule has 0 spiro atoms. The number of likely N-dealkylation sites (tertiary alicyclic amines) is 1. The fourth-order valence-corrected chi connectivity index (χ4v) is 8.83. The molecule has 4 aromatic rings. The van der Waals surface area contributed by atoms with Crippen LogP contribution < -0.4 is 20.7 Å². The van der Waals surface area contributed by atoms with E-state index >= 15 is 0 Å². The molecule has 3 aromatic heterocycles. The summed E-state index contributed by atoms with van der Waals surface area (Å²) < 4.78 is 0. The van der Waals surface area contributed by atoms with Gasteiger partial charge >= 0.3 is 0 Å². The number of anilines is 2. The van der Waals surface area contributed by atoms with Crippen LogP contribution in [-0.4, -0.2) is 118 Å². The van der Waals surface area contributed by atoms with Gasteiger partial charge in [0.15, 0.2) is 0 Å². The summed E-state index contributed by atoms with van der Waals surface area (Å²) in [5.74, 6) is -1.64. The average Bonchev–Trinajstić information content (AvgIpc) is 3.85. The first-order chi connectivity index (χ1) is 26.6. The number of fused-ring (bicyclic) bond motifs is 3. The van der Waals surface area contributed by atoms with E-state index in [2.05, 4.69) is 35.0 Å². The van der Waals surface area contributed by atoms with Gasteiger partial charge in [0.25, 0.3) is 23.3 Å². The van der Waals surface area contributed by atoms with Crippen LogP contribution in [0.5, 0.6) is 0 Å². The monoisotopic (exact) mass is 743 g/mol. The molecule has 1 aromatic carbocycles. The molecular formula is C40H41N9O6. The van der Waals surface area contributed by atoms with Gasteiger partial charge in [0, 0.05) is 94.6 Å². The summed E-state index contributed by atoms with van der Waals surface area (Å²) in [4.78, 5) is 98.2. The van der Waals surface area contributed by atoms with E-state index in [0.29, 0.717) is 38.3 Å². The minimum atomic E-state index is -1.000. The van der Waals surface area contributed by atoms with Crippen molar-refractivity contribution in [2.75, 3.05) is 62.2 Å². The van der Waals surface area contributed by atoms with Crippen molar-refractivity contribution in [3.63, 3.8) is 0 Å². The number of amides is 5. The van der Waals surface area contributed by atoms with Crippen molar-refractivity contribution in [2.24, 2.45) is 11.8 Å². The van der Waals surface area contributed by atoms with Crippen LogP contribution in [0, 0.1) is 11.8 Å². The number of piperidine rings is 1. The Labute approximate surface area is 316 Å². The summed E-state index contributed by atoms with van der Waals surface area (Å²) >= 11 is 0. The first kappa shape index (κ1) is 34.8. The van der Waals surface area contributed by atoms with E-state index in [1.807, 2.05) is 48.4 Å². The lowest BCUT2D eigenvalue weighted by molar-refractivity contribution is -0.136. The molecule has 0 bridgehead atoms. The maximum atomic E-state index is 13.5. The van der Waals surface area contributed by atoms with Crippen LogP contribution in [0.15, 0.2) is 59.7 Å². The lowest BCUT2D eigenvalue weighted by Gasteiger charge is -2.36. The van der Waals surface area contributed by atoms with Gasteiger partial charge in [0.2, 0.25) is 11.8 Å². The molecule has 15 nitrogen and oxygen atoms in total. The highest BCUT2D eigenvalue weighted by molar-refractivity contribution is 6.23. The van der Waals surface area contributed by atoms with Gasteiger partial charge in [-0.1, -0.05) is 6.92 Å². The van der Waals surface area contributed by atoms with E-state index in [0.717, 1.165) is 71.2 Å². The summed E-state index contributed by atoms with van der Waals surface area (Å²) in [5, 5.41) is 2.23. The fraction of sp³-hybridized carbons (Fsp3) is 0.400. The first-order valence-electron chi connectivity index (χ1n) is 19.0. The van der Waals surface area contributed by atoms with Gasteiger partial charge in [-0.2, -0.15) is 0 Å². The Bertz CT molecular complexity index is 2300. The molecule has 0 aliphatic carbocycles. The van der Waals surface area contributed by atoms with Crippen LogP contribution in [-0.2, 0) is 22.6 Å². The number of piperazine rings is 1. The summed E-state index contributed by atoms with van der Waals surface area (Å²) in [7, 11) is 0. The summed E-state index contributed by atoms with van der Waals surface area (Å²) in [6.07, 6.45) is 4.53. The van der Waals surface area contributed by atoms with Gasteiger partial charge in [-0.25, -0.2) is 4.98 Å². The predicted octanol–water partition coefficient (Wildman–Crippen LogP) is 1.81. The zero-order valence-electron chi connectivity index (χ0n) is 30.5. The van der Waals surface area contributed by atoms with E-state index in [9.17, 15) is 28.8 Å². The quantitative estimate of drug-likeness (QED) is 0.265. The Hall–Kier alpha value is -5.96. The van der Waals surface area contributed by atoms with Gasteiger partial charge < -0.3 is 19.7 Å². The zero-order chi connectivity index (χ0) is 38.0. The van der Waals surface area contributed by atoms with Crippen LogP contribution in [0.4, 0.5) is 11.4 Å². The molecule has 5 aliphatic heterocycles. The van der Waals surface area contributed by atoms with Crippen LogP contribution in [0.2, 0.25) is 0 Å². The fourth-order valence-electron chi connectivity index (χ4n) is 8.83. The normalized spacial score (nSPS) is 22.8. The SMILES string of the molecule is CCc1cc2ncc(CN3CCN(c4ccc(C(=O)N5C[C@@H]6CN(c7ccc8c(c7)C(=O)N(C7CCC(=O)NC7=O)C8=O)C[C@@H]6C5)nc4)CC3)cc2[nH]c1=O. The number of hydrogen-bond acceptors (Lipinski definition) is 11. The van der Waals surface area contributed by atoms with Crippen LogP contribution in [0.3, 0.4) is 0 Å². The van der Waals surface area contributed by atoms with Gasteiger partial charge in [-0.15, -0.1) is 0 Å². The van der Waals surface area contributed by atoms with Crippen molar-refractivity contribution in [3.05, 3.63) is 93.2 Å². The standard InChI is InChI=1S/C40H41N9O6/c1-2-24-14-32-33(43-36(24)51)13-23(16-41-32)18-45-9-11-46(12-10-45)28-4-6-31(42-17-28)40(55)48-21-25-19-47(20-26(25)22-48)27-3-5-29-30(15-27)39(54)49(38(29)53)34-7-8-35(50)44-37(34)52/h3-6,13-17,25-26,34H,2,7-12,18-22H2,1H3,(H,43,51)(H,44,50,52)/t25-,26+,34?. The van der Waals surface area contributed by atoms with E-state index in [1.54, 1.807) is 18.3 Å². The van der Waals surface area contributed by atoms with Crippen molar-refractivity contribution in [2.45, 2.75) is 38.8 Å². The molecule has 282 valence electrons. The Morgan fingerprint density at radius 1 is 0.800 bits per heavy atom. The molecule has 15 heteroatoms. The minimum Gasteiger partial charge on any atom is -0.371 e. The number of benzene rings is 1. The van der Waals surface area contributed by atoms with Gasteiger partial charge in [-0.05, 0) is 60.9 Å². The summed E-state index contributed by atoms with van der Waals surface area (Å²) in [6.45, 7) is 8.71. The Morgan fingerprint density at radius 2 is 1.55 bits per heavy atom. The maximum absolute atomic E-state index is 13.5. The van der Waals surface area contributed by atoms with Crippen molar-refractivity contribution in [3.8, 4) is 0 Å². The molecule has 0 saturated carbocycles. The molecule has 8 heterocycles. The minimum absolute atomic E-state index is 0.0591. The molecular weight excluding hydrogens is 702 g/mol. The van der Waals surface area contributed by atoms with Gasteiger partial charge in [-0.3, -0.25) is 48.9 Å². The highest BCUT2D eigenvalue weighted by atomic mass is 16.2. The number of carbonyl (C=O) groups is 5. The third kappa shape index (κ3) is 6.31. The number of hydrogen-bond donors (Lipinski definition) is 2. The van der Waals surface area contributed by atoms with E-state index in [1.165, 1.54) is 0 Å². The Kier molecular flexibility index (Phi) is 8.67. The van der Waals surface area contributed by atoms with Crippen LogP contribution in [0.25, 0.3) is 11.0 Å². The number of aryl methyl sites for hydroxylation is 1. The number of aromatic amines is 1. The molecule has 9 rings (SSSR count). The number of H-pyrrole nitrogens is 1. The lowest BCUT2D eigenvalue weighted by atomic mass is 10.0. The van der Waals surface area contributed by atoms with Crippen molar-refractivity contribution >= 4 is 51.9 Å². The number of nitrogens with zero attached hydrogens (tertiary/aromatic N) is 7. The lowest BCUT2D eigenvalue weighted by Crippen LogP contribution is -2.54. The molecule has 4 fully saturated rings. The second-order valence-corrected chi connectivity index (χ2v) is 15.2. The number of nitrogens with one attached hydrogen (secondary N) is 2. The van der Waals surface area contributed by atoms with Gasteiger partial charge in [0.05, 0.1) is 34.0 Å². The maximum Gasteiger partial charge on any atom is 0.272 e. The van der Waals surface area contributed by atoms with Crippen molar-refractivity contribution in [1.82, 2.24) is 35.0 Å².